The zero-order valence-corrected chi connectivity index (χ0v) is 27.2. The van der Waals surface area contributed by atoms with Crippen LogP contribution in [-0.2, 0) is 5.41 Å². The molecule has 9 rings (SSSR count). The minimum atomic E-state index is -0.105. The zero-order chi connectivity index (χ0) is 32.2. The van der Waals surface area contributed by atoms with Crippen LogP contribution in [-0.4, -0.2) is 0 Å². The third kappa shape index (κ3) is 4.39. The lowest BCUT2D eigenvalue weighted by molar-refractivity contribution is 0.660. The molecule has 0 unspecified atom stereocenters. The van der Waals surface area contributed by atoms with Crippen LogP contribution < -0.4 is 4.90 Å². The Morgan fingerprint density at radius 1 is 0.375 bits per heavy atom. The first-order chi connectivity index (χ1) is 23.6. The summed E-state index contributed by atoms with van der Waals surface area (Å²) >= 11 is 0. The van der Waals surface area contributed by atoms with Crippen LogP contribution in [0, 0.1) is 0 Å². The number of nitrogens with zero attached hydrogens (tertiary/aromatic N) is 1. The third-order valence-electron chi connectivity index (χ3n) is 10.3. The van der Waals surface area contributed by atoms with E-state index >= 15 is 0 Å². The number of hydrogen-bond acceptors (Lipinski definition) is 1. The Hall–Kier alpha value is -5.92. The van der Waals surface area contributed by atoms with Gasteiger partial charge in [-0.2, -0.15) is 0 Å². The zero-order valence-electron chi connectivity index (χ0n) is 27.2. The molecule has 0 atom stereocenters. The largest absolute Gasteiger partial charge is 0.309 e. The van der Waals surface area contributed by atoms with Crippen LogP contribution in [0.15, 0.2) is 176 Å². The van der Waals surface area contributed by atoms with Gasteiger partial charge in [-0.1, -0.05) is 166 Å². The Morgan fingerprint density at radius 2 is 0.938 bits per heavy atom. The van der Waals surface area contributed by atoms with Crippen molar-refractivity contribution in [1.29, 1.82) is 0 Å². The molecule has 1 aliphatic carbocycles. The van der Waals surface area contributed by atoms with Crippen molar-refractivity contribution in [2.75, 3.05) is 4.90 Å². The SMILES string of the molecule is CC1(C)c2ccccc2-c2c(N(c3ccc(-c4ccccc4)cc3)c3ccc4ccccc4c3-c3cccc4ccccc34)cccc21. The highest BCUT2D eigenvalue weighted by molar-refractivity contribution is 6.12. The van der Waals surface area contributed by atoms with E-state index in [0.717, 1.165) is 11.4 Å². The van der Waals surface area contributed by atoms with Crippen molar-refractivity contribution in [1.82, 2.24) is 0 Å². The van der Waals surface area contributed by atoms with Crippen molar-refractivity contribution in [3.63, 3.8) is 0 Å². The van der Waals surface area contributed by atoms with Crippen LogP contribution >= 0.6 is 0 Å². The van der Waals surface area contributed by atoms with Gasteiger partial charge in [0.25, 0.3) is 0 Å². The molecule has 0 spiro atoms. The van der Waals surface area contributed by atoms with Gasteiger partial charge < -0.3 is 4.90 Å². The van der Waals surface area contributed by atoms with E-state index in [1.165, 1.54) is 71.7 Å². The van der Waals surface area contributed by atoms with Crippen molar-refractivity contribution in [3.05, 3.63) is 187 Å². The highest BCUT2D eigenvalue weighted by Gasteiger charge is 2.38. The van der Waals surface area contributed by atoms with Crippen molar-refractivity contribution < 1.29 is 0 Å². The molecule has 8 aromatic carbocycles. The normalized spacial score (nSPS) is 13.0. The molecule has 0 fully saturated rings. The van der Waals surface area contributed by atoms with Gasteiger partial charge in [-0.05, 0) is 79.2 Å². The Bertz CT molecular complexity index is 2460. The van der Waals surface area contributed by atoms with Gasteiger partial charge >= 0.3 is 0 Å². The monoisotopic (exact) mass is 613 g/mol. The molecular weight excluding hydrogens is 579 g/mol. The van der Waals surface area contributed by atoms with Gasteiger partial charge in [0.2, 0.25) is 0 Å². The molecule has 0 N–H and O–H groups in total. The number of hydrogen-bond donors (Lipinski definition) is 0. The molecule has 0 radical (unpaired) electrons. The smallest absolute Gasteiger partial charge is 0.0546 e. The van der Waals surface area contributed by atoms with E-state index in [1.54, 1.807) is 0 Å². The first-order valence-electron chi connectivity index (χ1n) is 16.8. The second-order valence-corrected chi connectivity index (χ2v) is 13.3. The topological polar surface area (TPSA) is 3.24 Å². The van der Waals surface area contributed by atoms with Gasteiger partial charge in [-0.25, -0.2) is 0 Å². The Kier molecular flexibility index (Phi) is 6.55. The van der Waals surface area contributed by atoms with Crippen molar-refractivity contribution in [3.8, 4) is 33.4 Å². The van der Waals surface area contributed by atoms with E-state index in [2.05, 4.69) is 195 Å². The average molecular weight is 614 g/mol. The standard InChI is InChI=1S/C47H35N/c1-47(2)41-23-11-10-21-40(41)46-42(47)24-13-25-43(46)48(36-29-26-33(27-30-36)32-14-4-3-5-15-32)44-31-28-35-17-7-9-20-38(35)45(44)39-22-12-18-34-16-6-8-19-37(34)39/h3-31H,1-2H3. The molecular formula is C47H35N. The molecule has 0 saturated carbocycles. The number of rotatable bonds is 5. The fraction of sp³-hybridized carbons (Fsp3) is 0.0638. The Morgan fingerprint density at radius 3 is 1.75 bits per heavy atom. The summed E-state index contributed by atoms with van der Waals surface area (Å²) in [5.74, 6) is 0. The molecule has 228 valence electrons. The van der Waals surface area contributed by atoms with Crippen LogP contribution in [0.4, 0.5) is 17.1 Å². The summed E-state index contributed by atoms with van der Waals surface area (Å²) < 4.78 is 0. The van der Waals surface area contributed by atoms with Crippen LogP contribution in [0.2, 0.25) is 0 Å². The summed E-state index contributed by atoms with van der Waals surface area (Å²) in [5.41, 5.74) is 13.6. The molecule has 0 bridgehead atoms. The predicted octanol–water partition coefficient (Wildman–Crippen LogP) is 13.1. The summed E-state index contributed by atoms with van der Waals surface area (Å²) in [6, 6.07) is 64.4. The summed E-state index contributed by atoms with van der Waals surface area (Å²) in [6.07, 6.45) is 0. The molecule has 0 saturated heterocycles. The molecule has 1 nitrogen and oxygen atoms in total. The summed E-state index contributed by atoms with van der Waals surface area (Å²) in [4.78, 5) is 2.51. The minimum Gasteiger partial charge on any atom is -0.309 e. The minimum absolute atomic E-state index is 0.105. The molecule has 0 aromatic heterocycles. The number of benzene rings is 8. The molecule has 8 aromatic rings. The van der Waals surface area contributed by atoms with E-state index in [4.69, 9.17) is 0 Å². The predicted molar refractivity (Wildman–Crippen MR) is 205 cm³/mol. The van der Waals surface area contributed by atoms with Crippen LogP contribution in [0.1, 0.15) is 25.0 Å². The maximum absolute atomic E-state index is 2.51. The lowest BCUT2D eigenvalue weighted by atomic mass is 9.82. The molecule has 0 aliphatic heterocycles. The van der Waals surface area contributed by atoms with Gasteiger partial charge in [0.05, 0.1) is 11.4 Å². The maximum Gasteiger partial charge on any atom is 0.0546 e. The molecule has 0 heterocycles. The first-order valence-corrected chi connectivity index (χ1v) is 16.8. The summed E-state index contributed by atoms with van der Waals surface area (Å²) in [6.45, 7) is 4.72. The van der Waals surface area contributed by atoms with E-state index in [0.29, 0.717) is 0 Å². The Labute approximate surface area is 282 Å². The van der Waals surface area contributed by atoms with Gasteiger partial charge in [-0.3, -0.25) is 0 Å². The fourth-order valence-corrected chi connectivity index (χ4v) is 7.94. The van der Waals surface area contributed by atoms with E-state index in [-0.39, 0.29) is 5.41 Å². The lowest BCUT2D eigenvalue weighted by Gasteiger charge is -2.31. The van der Waals surface area contributed by atoms with Crippen molar-refractivity contribution in [2.24, 2.45) is 0 Å². The molecule has 1 heteroatoms. The summed E-state index contributed by atoms with van der Waals surface area (Å²) in [7, 11) is 0. The summed E-state index contributed by atoms with van der Waals surface area (Å²) in [5, 5.41) is 4.96. The van der Waals surface area contributed by atoms with E-state index in [9.17, 15) is 0 Å². The number of fused-ring (bicyclic) bond motifs is 5. The highest BCUT2D eigenvalue weighted by atomic mass is 15.1. The second-order valence-electron chi connectivity index (χ2n) is 13.3. The second kappa shape index (κ2) is 11.1. The van der Waals surface area contributed by atoms with Gasteiger partial charge in [0.1, 0.15) is 0 Å². The Balaban J connectivity index is 1.37. The molecule has 0 amide bonds. The van der Waals surface area contributed by atoms with Crippen molar-refractivity contribution in [2.45, 2.75) is 19.3 Å². The van der Waals surface area contributed by atoms with Gasteiger partial charge in [0.15, 0.2) is 0 Å². The average Bonchev–Trinajstić information content (AvgIpc) is 3.38. The van der Waals surface area contributed by atoms with Crippen LogP contribution in [0.5, 0.6) is 0 Å². The maximum atomic E-state index is 2.51. The fourth-order valence-electron chi connectivity index (χ4n) is 7.94. The van der Waals surface area contributed by atoms with Crippen molar-refractivity contribution >= 4 is 38.6 Å². The van der Waals surface area contributed by atoms with Gasteiger partial charge in [0, 0.05) is 22.2 Å². The quantitative estimate of drug-likeness (QED) is 0.187. The third-order valence-corrected chi connectivity index (χ3v) is 10.3. The lowest BCUT2D eigenvalue weighted by Crippen LogP contribution is -2.16. The molecule has 48 heavy (non-hydrogen) atoms. The van der Waals surface area contributed by atoms with Gasteiger partial charge in [-0.15, -0.1) is 0 Å². The highest BCUT2D eigenvalue weighted by Crippen LogP contribution is 2.55. The van der Waals surface area contributed by atoms with Crippen LogP contribution in [0.25, 0.3) is 54.9 Å². The van der Waals surface area contributed by atoms with E-state index < -0.39 is 0 Å². The van der Waals surface area contributed by atoms with E-state index in [1.807, 2.05) is 0 Å². The molecule has 1 aliphatic rings. The first kappa shape index (κ1) is 28.3. The van der Waals surface area contributed by atoms with Crippen LogP contribution in [0.3, 0.4) is 0 Å². The number of anilines is 3.